The van der Waals surface area contributed by atoms with E-state index in [4.69, 9.17) is 11.6 Å². The molecule has 2 N–H and O–H groups in total. The number of rotatable bonds is 6. The zero-order valence-corrected chi connectivity index (χ0v) is 16.3. The first kappa shape index (κ1) is 19.1. The summed E-state index contributed by atoms with van der Waals surface area (Å²) < 4.78 is 13.4. The van der Waals surface area contributed by atoms with Crippen molar-refractivity contribution in [1.82, 2.24) is 29.7 Å². The average molecular weight is 417 g/mol. The fourth-order valence-corrected chi connectivity index (χ4v) is 3.14. The number of benzene rings is 1. The molecule has 9 nitrogen and oxygen atoms in total. The maximum Gasteiger partial charge on any atom is 0.319 e. The van der Waals surface area contributed by atoms with E-state index in [0.717, 1.165) is 6.54 Å². The normalized spacial score (nSPS) is 14.0. The first-order chi connectivity index (χ1) is 14.0. The summed E-state index contributed by atoms with van der Waals surface area (Å²) in [5, 5.41) is 6.20. The zero-order valence-electron chi connectivity index (χ0n) is 15.6. The SMILES string of the molecule is CN1CCN(CCNc2ncc3ncnc(Nc4ccc(F)c(Cl)c4)c3n2)C1=O. The molecule has 4 rings (SSSR count). The highest BCUT2D eigenvalue weighted by molar-refractivity contribution is 6.31. The summed E-state index contributed by atoms with van der Waals surface area (Å²) in [5.74, 6) is 0.341. The van der Waals surface area contributed by atoms with Gasteiger partial charge < -0.3 is 20.4 Å². The molecule has 2 aromatic heterocycles. The number of anilines is 3. The van der Waals surface area contributed by atoms with Crippen molar-refractivity contribution in [1.29, 1.82) is 0 Å². The van der Waals surface area contributed by atoms with Gasteiger partial charge in [0.25, 0.3) is 0 Å². The van der Waals surface area contributed by atoms with Gasteiger partial charge in [0.05, 0.1) is 11.2 Å². The number of amides is 2. The number of hydrogen-bond acceptors (Lipinski definition) is 7. The van der Waals surface area contributed by atoms with Crippen LogP contribution in [0.25, 0.3) is 11.0 Å². The number of carbonyl (C=O) groups is 1. The van der Waals surface area contributed by atoms with Gasteiger partial charge in [0.15, 0.2) is 5.82 Å². The van der Waals surface area contributed by atoms with E-state index in [-0.39, 0.29) is 11.1 Å². The zero-order chi connectivity index (χ0) is 20.4. The number of carbonyl (C=O) groups excluding carboxylic acids is 1. The molecule has 3 heterocycles. The van der Waals surface area contributed by atoms with E-state index in [2.05, 4.69) is 30.6 Å². The van der Waals surface area contributed by atoms with Crippen LogP contribution in [0.2, 0.25) is 5.02 Å². The van der Waals surface area contributed by atoms with Crippen molar-refractivity contribution in [2.75, 3.05) is 43.9 Å². The van der Waals surface area contributed by atoms with Crippen LogP contribution in [0.5, 0.6) is 0 Å². The van der Waals surface area contributed by atoms with Crippen LogP contribution in [0.1, 0.15) is 0 Å². The lowest BCUT2D eigenvalue weighted by Crippen LogP contribution is -2.33. The summed E-state index contributed by atoms with van der Waals surface area (Å²) >= 11 is 5.84. The molecule has 2 amide bonds. The molecular formula is C18H18ClFN8O. The maximum absolute atomic E-state index is 13.4. The van der Waals surface area contributed by atoms with Gasteiger partial charge in [-0.25, -0.2) is 29.1 Å². The van der Waals surface area contributed by atoms with Gasteiger partial charge in [0.2, 0.25) is 5.95 Å². The van der Waals surface area contributed by atoms with Gasteiger partial charge in [0, 0.05) is 38.9 Å². The Hall–Kier alpha value is -3.27. The van der Waals surface area contributed by atoms with E-state index in [0.29, 0.717) is 48.1 Å². The molecular weight excluding hydrogens is 399 g/mol. The standard InChI is InChI=1S/C18H18ClFN8O/c1-27-6-7-28(18(27)29)5-4-21-17-22-9-14-15(26-17)16(24-10-23-14)25-11-2-3-13(20)12(19)8-11/h2-3,8-10H,4-7H2,1H3,(H,21,22,26)(H,23,24,25). The Balaban J connectivity index is 1.49. The lowest BCUT2D eigenvalue weighted by molar-refractivity contribution is 0.200. The topological polar surface area (TPSA) is 99.2 Å². The van der Waals surface area contributed by atoms with Crippen molar-refractivity contribution in [2.24, 2.45) is 0 Å². The van der Waals surface area contributed by atoms with Crippen LogP contribution in [0.4, 0.5) is 26.6 Å². The van der Waals surface area contributed by atoms with Crippen LogP contribution in [0.3, 0.4) is 0 Å². The number of halogens is 2. The van der Waals surface area contributed by atoms with Gasteiger partial charge in [-0.2, -0.15) is 0 Å². The molecule has 0 saturated carbocycles. The quantitative estimate of drug-likeness (QED) is 0.637. The predicted molar refractivity (Wildman–Crippen MR) is 108 cm³/mol. The molecule has 3 aromatic rings. The highest BCUT2D eigenvalue weighted by Crippen LogP contribution is 2.25. The van der Waals surface area contributed by atoms with Gasteiger partial charge in [-0.05, 0) is 18.2 Å². The molecule has 150 valence electrons. The summed E-state index contributed by atoms with van der Waals surface area (Å²) in [7, 11) is 1.78. The van der Waals surface area contributed by atoms with E-state index >= 15 is 0 Å². The molecule has 1 aliphatic heterocycles. The lowest BCUT2D eigenvalue weighted by atomic mass is 10.3. The monoisotopic (exact) mass is 416 g/mol. The second kappa shape index (κ2) is 8.00. The van der Waals surface area contributed by atoms with Crippen LogP contribution in [0, 0.1) is 5.82 Å². The third-order valence-corrected chi connectivity index (χ3v) is 4.82. The molecule has 1 saturated heterocycles. The summed E-state index contributed by atoms with van der Waals surface area (Å²) in [5.41, 5.74) is 1.63. The van der Waals surface area contributed by atoms with Crippen molar-refractivity contribution in [3.05, 3.63) is 41.6 Å². The minimum Gasteiger partial charge on any atom is -0.352 e. The number of fused-ring (bicyclic) bond motifs is 1. The molecule has 0 bridgehead atoms. The summed E-state index contributed by atoms with van der Waals surface area (Å²) in [6.45, 7) is 2.49. The number of nitrogens with zero attached hydrogens (tertiary/aromatic N) is 6. The number of nitrogens with one attached hydrogen (secondary N) is 2. The van der Waals surface area contributed by atoms with Crippen LogP contribution in [-0.4, -0.2) is 69.0 Å². The molecule has 1 fully saturated rings. The summed E-state index contributed by atoms with van der Waals surface area (Å²) in [6.07, 6.45) is 2.98. The van der Waals surface area contributed by atoms with E-state index in [1.807, 2.05) is 0 Å². The number of hydrogen-bond donors (Lipinski definition) is 2. The van der Waals surface area contributed by atoms with Gasteiger partial charge in [0.1, 0.15) is 23.2 Å². The molecule has 0 atom stereocenters. The molecule has 1 aliphatic rings. The third kappa shape index (κ3) is 4.11. The van der Waals surface area contributed by atoms with Crippen LogP contribution >= 0.6 is 11.6 Å². The fraction of sp³-hybridized carbons (Fsp3) is 0.278. The van der Waals surface area contributed by atoms with E-state index in [1.165, 1.54) is 18.5 Å². The van der Waals surface area contributed by atoms with E-state index in [1.54, 1.807) is 29.1 Å². The minimum atomic E-state index is -0.499. The Morgan fingerprint density at radius 2 is 2.10 bits per heavy atom. The Kier molecular flexibility index (Phi) is 5.26. The number of aromatic nitrogens is 4. The van der Waals surface area contributed by atoms with Crippen molar-refractivity contribution in [2.45, 2.75) is 0 Å². The van der Waals surface area contributed by atoms with Crippen LogP contribution in [-0.2, 0) is 0 Å². The van der Waals surface area contributed by atoms with Crippen molar-refractivity contribution >= 4 is 46.1 Å². The maximum atomic E-state index is 13.4. The molecule has 29 heavy (non-hydrogen) atoms. The minimum absolute atomic E-state index is 0.00690. The van der Waals surface area contributed by atoms with Gasteiger partial charge in [-0.1, -0.05) is 11.6 Å². The highest BCUT2D eigenvalue weighted by Gasteiger charge is 2.24. The Bertz CT molecular complexity index is 1070. The smallest absolute Gasteiger partial charge is 0.319 e. The highest BCUT2D eigenvalue weighted by atomic mass is 35.5. The van der Waals surface area contributed by atoms with E-state index < -0.39 is 5.82 Å². The molecule has 0 aliphatic carbocycles. The van der Waals surface area contributed by atoms with Crippen LogP contribution in [0.15, 0.2) is 30.7 Å². The summed E-state index contributed by atoms with van der Waals surface area (Å²) in [4.78, 5) is 32.5. The largest absolute Gasteiger partial charge is 0.352 e. The average Bonchev–Trinajstić information content (AvgIpc) is 3.03. The lowest BCUT2D eigenvalue weighted by Gasteiger charge is -2.16. The first-order valence-corrected chi connectivity index (χ1v) is 9.33. The molecule has 11 heteroatoms. The predicted octanol–water partition coefficient (Wildman–Crippen LogP) is 2.74. The number of likely N-dealkylation sites (N-methyl/N-ethyl adjacent to an activating group) is 1. The van der Waals surface area contributed by atoms with Crippen LogP contribution < -0.4 is 10.6 Å². The second-order valence-electron chi connectivity index (χ2n) is 6.52. The van der Waals surface area contributed by atoms with Gasteiger partial charge >= 0.3 is 6.03 Å². The molecule has 0 unspecified atom stereocenters. The Morgan fingerprint density at radius 3 is 2.86 bits per heavy atom. The van der Waals surface area contributed by atoms with Gasteiger partial charge in [-0.3, -0.25) is 0 Å². The second-order valence-corrected chi connectivity index (χ2v) is 6.93. The summed E-state index contributed by atoms with van der Waals surface area (Å²) in [6, 6.07) is 4.31. The Labute approximate surface area is 170 Å². The van der Waals surface area contributed by atoms with E-state index in [9.17, 15) is 9.18 Å². The fourth-order valence-electron chi connectivity index (χ4n) is 2.95. The van der Waals surface area contributed by atoms with Crippen molar-refractivity contribution in [3.63, 3.8) is 0 Å². The molecule has 0 spiro atoms. The number of urea groups is 1. The first-order valence-electron chi connectivity index (χ1n) is 8.95. The molecule has 1 aromatic carbocycles. The van der Waals surface area contributed by atoms with Crippen molar-refractivity contribution in [3.8, 4) is 0 Å². The Morgan fingerprint density at radius 1 is 1.24 bits per heavy atom. The van der Waals surface area contributed by atoms with Crippen molar-refractivity contribution < 1.29 is 9.18 Å². The van der Waals surface area contributed by atoms with Gasteiger partial charge in [-0.15, -0.1) is 0 Å². The third-order valence-electron chi connectivity index (χ3n) is 4.53. The molecule has 0 radical (unpaired) electrons.